The van der Waals surface area contributed by atoms with Crippen molar-refractivity contribution in [2.45, 2.75) is 44.6 Å². The fraction of sp³-hybridized carbons (Fsp3) is 0.900. The van der Waals surface area contributed by atoms with E-state index in [0.29, 0.717) is 12.5 Å². The molecule has 3 heteroatoms. The topological polar surface area (TPSA) is 35.5 Å². The molecule has 2 fully saturated rings. The average molecular weight is 184 g/mol. The van der Waals surface area contributed by atoms with E-state index in [2.05, 4.69) is 0 Å². The largest absolute Gasteiger partial charge is 0.509 e. The van der Waals surface area contributed by atoms with Gasteiger partial charge in [0.15, 0.2) is 0 Å². The second-order valence-electron chi connectivity index (χ2n) is 4.29. The van der Waals surface area contributed by atoms with Crippen LogP contribution in [-0.2, 0) is 9.47 Å². The first-order chi connectivity index (χ1) is 6.21. The molecule has 1 aliphatic heterocycles. The van der Waals surface area contributed by atoms with Crippen molar-refractivity contribution >= 4 is 6.16 Å². The van der Waals surface area contributed by atoms with E-state index in [4.69, 9.17) is 9.47 Å². The van der Waals surface area contributed by atoms with Crippen LogP contribution in [0, 0.1) is 5.92 Å². The Morgan fingerprint density at radius 3 is 2.54 bits per heavy atom. The van der Waals surface area contributed by atoms with Crippen molar-refractivity contribution in [3.63, 3.8) is 0 Å². The van der Waals surface area contributed by atoms with Gasteiger partial charge in [-0.15, -0.1) is 0 Å². The Morgan fingerprint density at radius 1 is 1.31 bits per heavy atom. The average Bonchev–Trinajstić information content (AvgIpc) is 2.49. The van der Waals surface area contributed by atoms with E-state index in [1.807, 2.05) is 6.92 Å². The smallest absolute Gasteiger partial charge is 0.430 e. The van der Waals surface area contributed by atoms with Gasteiger partial charge >= 0.3 is 6.16 Å². The molecule has 2 rings (SSSR count). The maximum Gasteiger partial charge on any atom is 0.509 e. The number of ether oxygens (including phenoxy) is 2. The first kappa shape index (κ1) is 8.85. The van der Waals surface area contributed by atoms with Crippen molar-refractivity contribution in [2.75, 3.05) is 6.61 Å². The number of rotatable bonds is 1. The Kier molecular flexibility index (Phi) is 2.18. The van der Waals surface area contributed by atoms with E-state index in [1.165, 1.54) is 32.1 Å². The Balaban J connectivity index is 2.01. The van der Waals surface area contributed by atoms with Crippen LogP contribution in [0.2, 0.25) is 0 Å². The van der Waals surface area contributed by atoms with E-state index < -0.39 is 6.16 Å². The summed E-state index contributed by atoms with van der Waals surface area (Å²) in [6, 6.07) is 0. The molecule has 13 heavy (non-hydrogen) atoms. The Morgan fingerprint density at radius 2 is 2.00 bits per heavy atom. The molecule has 3 nitrogen and oxygen atoms in total. The fourth-order valence-electron chi connectivity index (χ4n) is 2.37. The van der Waals surface area contributed by atoms with Crippen LogP contribution >= 0.6 is 0 Å². The molecule has 0 radical (unpaired) electrons. The van der Waals surface area contributed by atoms with Gasteiger partial charge < -0.3 is 9.47 Å². The first-order valence-corrected chi connectivity index (χ1v) is 5.06. The minimum atomic E-state index is -0.493. The molecule has 1 heterocycles. The van der Waals surface area contributed by atoms with Gasteiger partial charge in [-0.2, -0.15) is 0 Å². The number of carbonyl (C=O) groups is 1. The minimum Gasteiger partial charge on any atom is -0.430 e. The summed E-state index contributed by atoms with van der Waals surface area (Å²) >= 11 is 0. The third-order valence-electron chi connectivity index (χ3n) is 3.26. The highest BCUT2D eigenvalue weighted by Crippen LogP contribution is 2.37. The number of cyclic esters (lactones) is 2. The molecule has 0 spiro atoms. The molecule has 74 valence electrons. The first-order valence-electron chi connectivity index (χ1n) is 5.06. The maximum absolute atomic E-state index is 10.9. The summed E-state index contributed by atoms with van der Waals surface area (Å²) in [6.07, 6.45) is 5.70. The van der Waals surface area contributed by atoms with Crippen LogP contribution in [0.3, 0.4) is 0 Å². The molecule has 0 aromatic heterocycles. The summed E-state index contributed by atoms with van der Waals surface area (Å²) < 4.78 is 10.1. The zero-order valence-electron chi connectivity index (χ0n) is 8.04. The monoisotopic (exact) mass is 184 g/mol. The zero-order valence-corrected chi connectivity index (χ0v) is 8.04. The highest BCUT2D eigenvalue weighted by atomic mass is 16.8. The van der Waals surface area contributed by atoms with Crippen LogP contribution in [0.5, 0.6) is 0 Å². The lowest BCUT2D eigenvalue weighted by molar-refractivity contribution is 0.00638. The molecular weight excluding hydrogens is 168 g/mol. The zero-order chi connectivity index (χ0) is 9.31. The van der Waals surface area contributed by atoms with Gasteiger partial charge in [0.05, 0.1) is 0 Å². The summed E-state index contributed by atoms with van der Waals surface area (Å²) in [5.74, 6) is 0.507. The predicted octanol–water partition coefficient (Wildman–Crippen LogP) is 2.49. The summed E-state index contributed by atoms with van der Waals surface area (Å²) in [6.45, 7) is 2.43. The molecule has 0 N–H and O–H groups in total. The number of hydrogen-bond donors (Lipinski definition) is 0. The molecule has 1 aliphatic carbocycles. The van der Waals surface area contributed by atoms with E-state index in [-0.39, 0.29) is 5.60 Å². The standard InChI is InChI=1S/C10H16O3/c1-10(7-12-9(11)13-10)8-5-3-2-4-6-8/h8H,2-7H2,1H3. The highest BCUT2D eigenvalue weighted by Gasteiger charge is 2.44. The number of carbonyl (C=O) groups excluding carboxylic acids is 1. The predicted molar refractivity (Wildman–Crippen MR) is 47.4 cm³/mol. The van der Waals surface area contributed by atoms with Gasteiger partial charge in [-0.1, -0.05) is 19.3 Å². The molecule has 0 bridgehead atoms. The van der Waals surface area contributed by atoms with Gasteiger partial charge in [0, 0.05) is 5.92 Å². The van der Waals surface area contributed by atoms with E-state index >= 15 is 0 Å². The van der Waals surface area contributed by atoms with E-state index in [1.54, 1.807) is 0 Å². The van der Waals surface area contributed by atoms with Gasteiger partial charge in [-0.3, -0.25) is 0 Å². The summed E-state index contributed by atoms with van der Waals surface area (Å²) in [7, 11) is 0. The van der Waals surface area contributed by atoms with Crippen molar-refractivity contribution < 1.29 is 14.3 Å². The Bertz CT molecular complexity index is 208. The van der Waals surface area contributed by atoms with E-state index in [9.17, 15) is 4.79 Å². The van der Waals surface area contributed by atoms with Crippen LogP contribution in [0.4, 0.5) is 4.79 Å². The molecule has 2 aliphatic rings. The van der Waals surface area contributed by atoms with Crippen molar-refractivity contribution in [1.82, 2.24) is 0 Å². The van der Waals surface area contributed by atoms with Crippen molar-refractivity contribution in [3.05, 3.63) is 0 Å². The van der Waals surface area contributed by atoms with Crippen molar-refractivity contribution in [2.24, 2.45) is 5.92 Å². The van der Waals surface area contributed by atoms with E-state index in [0.717, 1.165) is 0 Å². The van der Waals surface area contributed by atoms with Crippen LogP contribution < -0.4 is 0 Å². The lowest BCUT2D eigenvalue weighted by Crippen LogP contribution is -2.38. The molecule has 1 atom stereocenters. The molecule has 0 amide bonds. The lowest BCUT2D eigenvalue weighted by Gasteiger charge is -2.32. The molecule has 1 saturated carbocycles. The Labute approximate surface area is 78.4 Å². The van der Waals surface area contributed by atoms with Gasteiger partial charge in [0.2, 0.25) is 0 Å². The van der Waals surface area contributed by atoms with Gasteiger partial charge in [0.25, 0.3) is 0 Å². The summed E-state index contributed by atoms with van der Waals surface area (Å²) in [5.41, 5.74) is -0.336. The van der Waals surface area contributed by atoms with Crippen molar-refractivity contribution in [3.8, 4) is 0 Å². The lowest BCUT2D eigenvalue weighted by atomic mass is 9.78. The highest BCUT2D eigenvalue weighted by molar-refractivity contribution is 5.62. The molecule has 0 aromatic carbocycles. The second-order valence-corrected chi connectivity index (χ2v) is 4.29. The normalized spacial score (nSPS) is 35.6. The van der Waals surface area contributed by atoms with Crippen LogP contribution in [0.1, 0.15) is 39.0 Å². The second kappa shape index (κ2) is 3.20. The summed E-state index contributed by atoms with van der Waals surface area (Å²) in [5, 5.41) is 0. The number of hydrogen-bond acceptors (Lipinski definition) is 3. The van der Waals surface area contributed by atoms with Gasteiger partial charge in [-0.05, 0) is 19.8 Å². The Hall–Kier alpha value is -0.730. The third-order valence-corrected chi connectivity index (χ3v) is 3.26. The van der Waals surface area contributed by atoms with Crippen LogP contribution in [0.25, 0.3) is 0 Å². The van der Waals surface area contributed by atoms with Crippen LogP contribution in [-0.4, -0.2) is 18.4 Å². The molecule has 0 aromatic rings. The quantitative estimate of drug-likeness (QED) is 0.587. The molecule has 1 unspecified atom stereocenters. The van der Waals surface area contributed by atoms with Crippen LogP contribution in [0.15, 0.2) is 0 Å². The van der Waals surface area contributed by atoms with Gasteiger partial charge in [0.1, 0.15) is 12.2 Å². The van der Waals surface area contributed by atoms with Crippen molar-refractivity contribution in [1.29, 1.82) is 0 Å². The van der Waals surface area contributed by atoms with Gasteiger partial charge in [-0.25, -0.2) is 4.79 Å². The third kappa shape index (κ3) is 1.64. The SMILES string of the molecule is CC1(C2CCCCC2)COC(=O)O1. The minimum absolute atomic E-state index is 0.336. The molecular formula is C10H16O3. The molecule has 1 saturated heterocycles. The maximum atomic E-state index is 10.9. The summed E-state index contributed by atoms with van der Waals surface area (Å²) in [4.78, 5) is 10.9. The fourth-order valence-corrected chi connectivity index (χ4v) is 2.37.